The van der Waals surface area contributed by atoms with E-state index in [-0.39, 0.29) is 4.90 Å². The van der Waals surface area contributed by atoms with Crippen LogP contribution in [0.2, 0.25) is 0 Å². The summed E-state index contributed by atoms with van der Waals surface area (Å²) in [4.78, 5) is 11.9. The van der Waals surface area contributed by atoms with E-state index >= 15 is 0 Å². The van der Waals surface area contributed by atoms with Gasteiger partial charge in [-0.3, -0.25) is 0 Å². The Morgan fingerprint density at radius 2 is 1.77 bits per heavy atom. The molecule has 0 spiro atoms. The summed E-state index contributed by atoms with van der Waals surface area (Å²) in [7, 11) is -3.56. The van der Waals surface area contributed by atoms with Crippen LogP contribution >= 0.6 is 11.3 Å². The average molecular weight is 385 g/mol. The zero-order valence-corrected chi connectivity index (χ0v) is 15.4. The van der Waals surface area contributed by atoms with Crippen molar-refractivity contribution in [2.75, 3.05) is 31.1 Å². The minimum absolute atomic E-state index is 0.215. The van der Waals surface area contributed by atoms with E-state index in [1.54, 1.807) is 17.7 Å². The van der Waals surface area contributed by atoms with Crippen LogP contribution in [-0.2, 0) is 10.0 Å². The second-order valence-electron chi connectivity index (χ2n) is 5.86. The Balaban J connectivity index is 1.52. The second-order valence-corrected chi connectivity index (χ2v) is 8.70. The molecule has 3 aromatic rings. The highest BCUT2D eigenvalue weighted by atomic mass is 32.2. The molecule has 9 heteroatoms. The van der Waals surface area contributed by atoms with Crippen molar-refractivity contribution >= 4 is 37.4 Å². The van der Waals surface area contributed by atoms with Crippen LogP contribution in [0, 0.1) is 11.3 Å². The number of thiophene rings is 1. The Hall–Kier alpha value is -2.54. The first kappa shape index (κ1) is 16.9. The van der Waals surface area contributed by atoms with Gasteiger partial charge < -0.3 is 4.90 Å². The maximum absolute atomic E-state index is 12.8. The van der Waals surface area contributed by atoms with E-state index in [9.17, 15) is 8.42 Å². The summed E-state index contributed by atoms with van der Waals surface area (Å²) in [5.41, 5.74) is 0.442. The molecule has 1 saturated heterocycles. The molecule has 0 saturated carbocycles. The van der Waals surface area contributed by atoms with Gasteiger partial charge in [-0.1, -0.05) is 0 Å². The number of benzene rings is 1. The van der Waals surface area contributed by atoms with Crippen molar-refractivity contribution in [2.24, 2.45) is 0 Å². The van der Waals surface area contributed by atoms with Gasteiger partial charge >= 0.3 is 0 Å². The van der Waals surface area contributed by atoms with E-state index in [0.717, 1.165) is 16.0 Å². The van der Waals surface area contributed by atoms with E-state index in [2.05, 4.69) is 14.9 Å². The number of anilines is 1. The van der Waals surface area contributed by atoms with E-state index in [1.165, 1.54) is 28.6 Å². The quantitative estimate of drug-likeness (QED) is 0.686. The van der Waals surface area contributed by atoms with Crippen molar-refractivity contribution < 1.29 is 8.42 Å². The summed E-state index contributed by atoms with van der Waals surface area (Å²) in [5, 5.41) is 11.8. The zero-order valence-electron chi connectivity index (χ0n) is 13.7. The maximum atomic E-state index is 12.8. The lowest BCUT2D eigenvalue weighted by atomic mass is 10.2. The number of piperazine rings is 1. The van der Waals surface area contributed by atoms with Crippen LogP contribution in [0.15, 0.2) is 46.9 Å². The molecule has 1 aliphatic heterocycles. The summed E-state index contributed by atoms with van der Waals surface area (Å²) >= 11 is 1.56. The van der Waals surface area contributed by atoms with Gasteiger partial charge in [-0.2, -0.15) is 9.57 Å². The number of aromatic nitrogens is 2. The van der Waals surface area contributed by atoms with Gasteiger partial charge in [-0.15, -0.1) is 11.3 Å². The fraction of sp³-hybridized carbons (Fsp3) is 0.235. The summed E-state index contributed by atoms with van der Waals surface area (Å²) in [6.07, 6.45) is 1.55. The van der Waals surface area contributed by atoms with Crippen molar-refractivity contribution in [3.63, 3.8) is 0 Å². The molecule has 1 aromatic carbocycles. The molecule has 1 fully saturated rings. The molecule has 1 aliphatic rings. The van der Waals surface area contributed by atoms with Crippen LogP contribution in [0.3, 0.4) is 0 Å². The number of hydrogen-bond donors (Lipinski definition) is 0. The van der Waals surface area contributed by atoms with Crippen molar-refractivity contribution in [3.8, 4) is 6.07 Å². The third-order valence-electron chi connectivity index (χ3n) is 4.40. The predicted molar refractivity (Wildman–Crippen MR) is 99.5 cm³/mol. The summed E-state index contributed by atoms with van der Waals surface area (Å²) < 4.78 is 27.1. The molecule has 7 nitrogen and oxygen atoms in total. The molecule has 132 valence electrons. The minimum atomic E-state index is -3.56. The van der Waals surface area contributed by atoms with Gasteiger partial charge in [0.2, 0.25) is 10.0 Å². The first-order valence-corrected chi connectivity index (χ1v) is 10.3. The second kappa shape index (κ2) is 6.64. The Bertz CT molecular complexity index is 1080. The predicted octanol–water partition coefficient (Wildman–Crippen LogP) is 2.07. The fourth-order valence-electron chi connectivity index (χ4n) is 3.02. The number of nitriles is 1. The molecule has 0 unspecified atom stereocenters. The molecule has 4 rings (SSSR count). The largest absolute Gasteiger partial charge is 0.353 e. The van der Waals surface area contributed by atoms with Gasteiger partial charge in [0.1, 0.15) is 17.0 Å². The van der Waals surface area contributed by atoms with E-state index in [1.807, 2.05) is 17.5 Å². The van der Waals surface area contributed by atoms with Crippen LogP contribution in [0.5, 0.6) is 0 Å². The highest BCUT2D eigenvalue weighted by Crippen LogP contribution is 2.28. The third-order valence-corrected chi connectivity index (χ3v) is 7.13. The summed E-state index contributed by atoms with van der Waals surface area (Å²) in [5.74, 6) is 0.853. The Labute approximate surface area is 155 Å². The lowest BCUT2D eigenvalue weighted by Gasteiger charge is -2.34. The molecule has 26 heavy (non-hydrogen) atoms. The molecule has 0 aliphatic carbocycles. The van der Waals surface area contributed by atoms with Crippen LogP contribution < -0.4 is 4.90 Å². The summed E-state index contributed by atoms with van der Waals surface area (Å²) in [6.45, 7) is 1.91. The van der Waals surface area contributed by atoms with Crippen molar-refractivity contribution in [1.29, 1.82) is 5.26 Å². The lowest BCUT2D eigenvalue weighted by Crippen LogP contribution is -2.49. The fourth-order valence-corrected chi connectivity index (χ4v) is 5.17. The number of hydrogen-bond acceptors (Lipinski definition) is 7. The Morgan fingerprint density at radius 1 is 1.04 bits per heavy atom. The highest BCUT2D eigenvalue weighted by Gasteiger charge is 2.29. The molecule has 2 aromatic heterocycles. The molecule has 0 N–H and O–H groups in total. The zero-order chi connectivity index (χ0) is 18.1. The molecular weight excluding hydrogens is 370 g/mol. The molecule has 0 atom stereocenters. The molecular formula is C17H15N5O2S2. The van der Waals surface area contributed by atoms with E-state index in [0.29, 0.717) is 31.7 Å². The molecule has 3 heterocycles. The average Bonchev–Trinajstić information content (AvgIpc) is 3.17. The first-order chi connectivity index (χ1) is 12.6. The van der Waals surface area contributed by atoms with Gasteiger partial charge in [-0.25, -0.2) is 18.4 Å². The van der Waals surface area contributed by atoms with Gasteiger partial charge in [0.05, 0.1) is 21.9 Å². The normalized spacial score (nSPS) is 15.9. The monoisotopic (exact) mass is 385 g/mol. The third kappa shape index (κ3) is 2.92. The van der Waals surface area contributed by atoms with Crippen molar-refractivity contribution in [3.05, 3.63) is 47.6 Å². The number of nitrogens with zero attached hydrogens (tertiary/aromatic N) is 5. The SMILES string of the molecule is N#Cc1ccc(S(=O)(=O)N2CCN(c3ncnc4sccc34)CC2)cc1. The molecule has 0 amide bonds. The van der Waals surface area contributed by atoms with Gasteiger partial charge in [0, 0.05) is 26.2 Å². The van der Waals surface area contributed by atoms with Crippen LogP contribution in [0.1, 0.15) is 5.56 Å². The van der Waals surface area contributed by atoms with Gasteiger partial charge in [-0.05, 0) is 35.7 Å². The number of fused-ring (bicyclic) bond motifs is 1. The van der Waals surface area contributed by atoms with E-state index in [4.69, 9.17) is 5.26 Å². The standard InChI is InChI=1S/C17H15N5O2S2/c18-11-13-1-3-14(4-2-13)26(23,24)22-8-6-21(7-9-22)16-15-5-10-25-17(15)20-12-19-16/h1-5,10,12H,6-9H2. The number of rotatable bonds is 3. The maximum Gasteiger partial charge on any atom is 0.243 e. The number of sulfonamides is 1. The van der Waals surface area contributed by atoms with E-state index < -0.39 is 10.0 Å². The lowest BCUT2D eigenvalue weighted by molar-refractivity contribution is 0.384. The van der Waals surface area contributed by atoms with Crippen LogP contribution in [0.4, 0.5) is 5.82 Å². The highest BCUT2D eigenvalue weighted by molar-refractivity contribution is 7.89. The van der Waals surface area contributed by atoms with Gasteiger partial charge in [0.25, 0.3) is 0 Å². The Kier molecular flexibility index (Phi) is 4.32. The van der Waals surface area contributed by atoms with Gasteiger partial charge in [0.15, 0.2) is 0 Å². The first-order valence-electron chi connectivity index (χ1n) is 8.03. The minimum Gasteiger partial charge on any atom is -0.353 e. The summed E-state index contributed by atoms with van der Waals surface area (Å²) in [6, 6.07) is 10.0. The van der Waals surface area contributed by atoms with Crippen molar-refractivity contribution in [2.45, 2.75) is 4.90 Å². The topological polar surface area (TPSA) is 90.2 Å². The van der Waals surface area contributed by atoms with Crippen LogP contribution in [-0.4, -0.2) is 48.9 Å². The molecule has 0 bridgehead atoms. The smallest absolute Gasteiger partial charge is 0.243 e. The Morgan fingerprint density at radius 3 is 2.46 bits per heavy atom. The van der Waals surface area contributed by atoms with Crippen molar-refractivity contribution in [1.82, 2.24) is 14.3 Å². The molecule has 0 radical (unpaired) electrons. The van der Waals surface area contributed by atoms with Crippen LogP contribution in [0.25, 0.3) is 10.2 Å².